The number of amides is 1. The number of benzene rings is 1. The summed E-state index contributed by atoms with van der Waals surface area (Å²) in [6.07, 6.45) is 1.57. The second kappa shape index (κ2) is 5.61. The van der Waals surface area contributed by atoms with Gasteiger partial charge in [0.15, 0.2) is 0 Å². The minimum atomic E-state index is -0.545. The average Bonchev–Trinajstić information content (AvgIpc) is 2.88. The second-order valence-electron chi connectivity index (χ2n) is 3.72. The van der Waals surface area contributed by atoms with Crippen molar-refractivity contribution in [3.05, 3.63) is 56.3 Å². The predicted octanol–water partition coefficient (Wildman–Crippen LogP) is 2.01. The van der Waals surface area contributed by atoms with Crippen molar-refractivity contribution >= 4 is 27.5 Å². The highest BCUT2D eigenvalue weighted by atomic mass is 79.9. The minimum Gasteiger partial charge on any atom is -0.346 e. The van der Waals surface area contributed by atoms with Crippen molar-refractivity contribution in [2.45, 2.75) is 6.54 Å². The number of aromatic amines is 1. The summed E-state index contributed by atoms with van der Waals surface area (Å²) < 4.78 is 0.480. The molecule has 1 aromatic heterocycles. The molecule has 1 heterocycles. The lowest BCUT2D eigenvalue weighted by Crippen LogP contribution is -2.23. The van der Waals surface area contributed by atoms with E-state index in [1.165, 1.54) is 18.2 Å². The number of nitro groups is 1. The highest BCUT2D eigenvalue weighted by molar-refractivity contribution is 9.10. The number of nitrogens with zero attached hydrogens (tertiary/aromatic N) is 2. The van der Waals surface area contributed by atoms with Gasteiger partial charge in [-0.05, 0) is 12.1 Å². The lowest BCUT2D eigenvalue weighted by atomic mass is 10.2. The average molecular weight is 325 g/mol. The summed E-state index contributed by atoms with van der Waals surface area (Å²) in [5.41, 5.74) is 0.833. The molecule has 0 spiro atoms. The first-order valence-electron chi connectivity index (χ1n) is 5.27. The summed E-state index contributed by atoms with van der Waals surface area (Å²) in [5.74, 6) is -0.390. The Morgan fingerprint density at radius 2 is 2.26 bits per heavy atom. The van der Waals surface area contributed by atoms with Crippen LogP contribution >= 0.6 is 15.9 Å². The maximum atomic E-state index is 11.9. The summed E-state index contributed by atoms with van der Waals surface area (Å²) in [6, 6.07) is 5.82. The van der Waals surface area contributed by atoms with Crippen LogP contribution in [0.3, 0.4) is 0 Å². The number of carbonyl (C=O) groups excluding carboxylic acids is 1. The fourth-order valence-electron chi connectivity index (χ4n) is 1.47. The molecule has 0 unspecified atom stereocenters. The predicted molar refractivity (Wildman–Crippen MR) is 70.6 cm³/mol. The van der Waals surface area contributed by atoms with Crippen LogP contribution in [-0.2, 0) is 6.54 Å². The van der Waals surface area contributed by atoms with Crippen LogP contribution in [0.4, 0.5) is 5.69 Å². The Kier molecular flexibility index (Phi) is 3.91. The van der Waals surface area contributed by atoms with Gasteiger partial charge in [-0.2, -0.15) is 5.10 Å². The van der Waals surface area contributed by atoms with Crippen LogP contribution in [0.5, 0.6) is 0 Å². The van der Waals surface area contributed by atoms with Crippen molar-refractivity contribution in [3.63, 3.8) is 0 Å². The van der Waals surface area contributed by atoms with Gasteiger partial charge in [0.05, 0.1) is 17.2 Å². The van der Waals surface area contributed by atoms with Gasteiger partial charge >= 0.3 is 0 Å². The molecular formula is C11H9BrN4O3. The molecule has 98 valence electrons. The third-order valence-electron chi connectivity index (χ3n) is 2.35. The lowest BCUT2D eigenvalue weighted by molar-refractivity contribution is -0.385. The first-order chi connectivity index (χ1) is 9.06. The van der Waals surface area contributed by atoms with Gasteiger partial charge in [-0.1, -0.05) is 15.9 Å². The molecule has 0 saturated heterocycles. The molecule has 1 amide bonds. The van der Waals surface area contributed by atoms with Gasteiger partial charge in [0, 0.05) is 28.4 Å². The van der Waals surface area contributed by atoms with Gasteiger partial charge in [0.25, 0.3) is 11.6 Å². The second-order valence-corrected chi connectivity index (χ2v) is 4.64. The molecular weight excluding hydrogens is 316 g/mol. The van der Waals surface area contributed by atoms with Gasteiger partial charge in [0.1, 0.15) is 0 Å². The van der Waals surface area contributed by atoms with E-state index in [9.17, 15) is 14.9 Å². The molecule has 2 rings (SSSR count). The highest BCUT2D eigenvalue weighted by Crippen LogP contribution is 2.21. The molecule has 0 atom stereocenters. The van der Waals surface area contributed by atoms with Crippen LogP contribution in [-0.4, -0.2) is 21.0 Å². The normalized spacial score (nSPS) is 10.2. The quantitative estimate of drug-likeness (QED) is 0.663. The third kappa shape index (κ3) is 3.38. The first kappa shape index (κ1) is 13.2. The van der Waals surface area contributed by atoms with Crippen LogP contribution < -0.4 is 5.32 Å². The van der Waals surface area contributed by atoms with Gasteiger partial charge in [-0.25, -0.2) is 0 Å². The number of aromatic nitrogens is 2. The molecule has 0 aliphatic heterocycles. The Morgan fingerprint density at radius 3 is 2.89 bits per heavy atom. The fourth-order valence-corrected chi connectivity index (χ4v) is 1.95. The highest BCUT2D eigenvalue weighted by Gasteiger charge is 2.13. The Labute approximate surface area is 116 Å². The molecule has 2 N–H and O–H groups in total. The van der Waals surface area contributed by atoms with Crippen LogP contribution in [0.2, 0.25) is 0 Å². The molecule has 19 heavy (non-hydrogen) atoms. The SMILES string of the molecule is O=C(NCc1ccn[nH]1)c1cc(Br)cc([N+](=O)[O-])c1. The van der Waals surface area contributed by atoms with E-state index in [0.717, 1.165) is 5.69 Å². The Bertz CT molecular complexity index is 612. The first-order valence-corrected chi connectivity index (χ1v) is 6.07. The molecule has 1 aromatic carbocycles. The number of rotatable bonds is 4. The largest absolute Gasteiger partial charge is 0.346 e. The van der Waals surface area contributed by atoms with Gasteiger partial charge in [-0.3, -0.25) is 20.0 Å². The number of hydrogen-bond acceptors (Lipinski definition) is 4. The smallest absolute Gasteiger partial charge is 0.271 e. The van der Waals surface area contributed by atoms with E-state index in [1.807, 2.05) is 0 Å². The van der Waals surface area contributed by atoms with E-state index in [0.29, 0.717) is 4.47 Å². The Balaban J connectivity index is 2.12. The molecule has 0 radical (unpaired) electrons. The maximum Gasteiger partial charge on any atom is 0.271 e. The maximum absolute atomic E-state index is 11.9. The molecule has 8 heteroatoms. The summed E-state index contributed by atoms with van der Waals surface area (Å²) in [6.45, 7) is 0.277. The molecule has 0 saturated carbocycles. The van der Waals surface area contributed by atoms with Crippen LogP contribution in [0.25, 0.3) is 0 Å². The van der Waals surface area contributed by atoms with E-state index in [1.54, 1.807) is 12.3 Å². The molecule has 2 aromatic rings. The number of carbonyl (C=O) groups is 1. The van der Waals surface area contributed by atoms with E-state index in [4.69, 9.17) is 0 Å². The van der Waals surface area contributed by atoms with Gasteiger partial charge < -0.3 is 5.32 Å². The van der Waals surface area contributed by atoms with Crippen molar-refractivity contribution in [2.75, 3.05) is 0 Å². The van der Waals surface area contributed by atoms with Crippen LogP contribution in [0.15, 0.2) is 34.9 Å². The molecule has 7 nitrogen and oxygen atoms in total. The van der Waals surface area contributed by atoms with Gasteiger partial charge in [0.2, 0.25) is 0 Å². The van der Waals surface area contributed by atoms with Gasteiger partial charge in [-0.15, -0.1) is 0 Å². The van der Waals surface area contributed by atoms with Crippen molar-refractivity contribution in [2.24, 2.45) is 0 Å². The number of halogens is 1. The summed E-state index contributed by atoms with van der Waals surface area (Å²) in [5, 5.41) is 19.8. The minimum absolute atomic E-state index is 0.138. The lowest BCUT2D eigenvalue weighted by Gasteiger charge is -2.04. The summed E-state index contributed by atoms with van der Waals surface area (Å²) in [4.78, 5) is 22.0. The zero-order chi connectivity index (χ0) is 13.8. The number of nitrogens with one attached hydrogen (secondary N) is 2. The fraction of sp³-hybridized carbons (Fsp3) is 0.0909. The molecule has 0 aliphatic carbocycles. The van der Waals surface area contributed by atoms with Crippen molar-refractivity contribution in [1.29, 1.82) is 0 Å². The van der Waals surface area contributed by atoms with Crippen LogP contribution in [0.1, 0.15) is 16.1 Å². The number of hydrogen-bond donors (Lipinski definition) is 2. The van der Waals surface area contributed by atoms with E-state index < -0.39 is 4.92 Å². The monoisotopic (exact) mass is 324 g/mol. The standard InChI is InChI=1S/C11H9BrN4O3/c12-8-3-7(4-10(5-8)16(18)19)11(17)13-6-9-1-2-14-15-9/h1-5H,6H2,(H,13,17)(H,14,15). The van der Waals surface area contributed by atoms with E-state index >= 15 is 0 Å². The van der Waals surface area contributed by atoms with Crippen molar-refractivity contribution in [1.82, 2.24) is 15.5 Å². The van der Waals surface area contributed by atoms with Crippen molar-refractivity contribution < 1.29 is 9.72 Å². The Hall–Kier alpha value is -2.22. The summed E-state index contributed by atoms with van der Waals surface area (Å²) >= 11 is 3.14. The zero-order valence-corrected chi connectivity index (χ0v) is 11.2. The molecule has 0 fully saturated rings. The summed E-state index contributed by atoms with van der Waals surface area (Å²) in [7, 11) is 0. The van der Waals surface area contributed by atoms with E-state index in [2.05, 4.69) is 31.4 Å². The number of nitro benzene ring substituents is 1. The molecule has 0 aliphatic rings. The third-order valence-corrected chi connectivity index (χ3v) is 2.81. The number of H-pyrrole nitrogens is 1. The topological polar surface area (TPSA) is 101 Å². The number of non-ortho nitro benzene ring substituents is 1. The zero-order valence-electron chi connectivity index (χ0n) is 9.59. The molecule has 0 bridgehead atoms. The van der Waals surface area contributed by atoms with E-state index in [-0.39, 0.29) is 23.7 Å². The Morgan fingerprint density at radius 1 is 1.47 bits per heavy atom. The van der Waals surface area contributed by atoms with Crippen LogP contribution in [0, 0.1) is 10.1 Å². The van der Waals surface area contributed by atoms with Crippen molar-refractivity contribution in [3.8, 4) is 0 Å².